The standard InChI is InChI=1S/C20H25FN2O3S2/c1-15-7-9-17(10-8-15)14-27-12-11-22-20(24)16(2)23(28(3,25)26)19-6-4-5-18(21)13-19/h4-10,13,16H,11-12,14H2,1-3H3,(H,22,24)/t16-/m0/s1. The van der Waals surface area contributed by atoms with E-state index in [1.165, 1.54) is 36.2 Å². The van der Waals surface area contributed by atoms with Crippen molar-refractivity contribution in [3.8, 4) is 0 Å². The highest BCUT2D eigenvalue weighted by Gasteiger charge is 2.29. The van der Waals surface area contributed by atoms with Crippen molar-refractivity contribution in [1.29, 1.82) is 0 Å². The number of rotatable bonds is 9. The Morgan fingerprint density at radius 2 is 1.89 bits per heavy atom. The van der Waals surface area contributed by atoms with E-state index in [9.17, 15) is 17.6 Å². The molecule has 0 aliphatic carbocycles. The van der Waals surface area contributed by atoms with E-state index >= 15 is 0 Å². The number of amides is 1. The summed E-state index contributed by atoms with van der Waals surface area (Å²) in [5.41, 5.74) is 2.55. The molecule has 5 nitrogen and oxygen atoms in total. The maximum atomic E-state index is 13.5. The quantitative estimate of drug-likeness (QED) is 0.627. The summed E-state index contributed by atoms with van der Waals surface area (Å²) in [6.07, 6.45) is 0.999. The summed E-state index contributed by atoms with van der Waals surface area (Å²) in [5.74, 6) is 0.548. The molecule has 0 spiro atoms. The maximum absolute atomic E-state index is 13.5. The summed E-state index contributed by atoms with van der Waals surface area (Å²) < 4.78 is 38.8. The van der Waals surface area contributed by atoms with E-state index in [2.05, 4.69) is 29.6 Å². The molecule has 0 aliphatic heterocycles. The van der Waals surface area contributed by atoms with Gasteiger partial charge in [-0.3, -0.25) is 9.10 Å². The molecule has 0 fully saturated rings. The fraction of sp³-hybridized carbons (Fsp3) is 0.350. The Morgan fingerprint density at radius 3 is 2.50 bits per heavy atom. The average molecular weight is 425 g/mol. The predicted octanol–water partition coefficient (Wildman–Crippen LogP) is 3.34. The maximum Gasteiger partial charge on any atom is 0.243 e. The van der Waals surface area contributed by atoms with E-state index in [1.54, 1.807) is 11.8 Å². The smallest absolute Gasteiger partial charge is 0.243 e. The third kappa shape index (κ3) is 6.53. The molecule has 0 aliphatic rings. The molecule has 2 aromatic carbocycles. The van der Waals surface area contributed by atoms with Crippen LogP contribution in [0.25, 0.3) is 0 Å². The lowest BCUT2D eigenvalue weighted by Crippen LogP contribution is -2.48. The average Bonchev–Trinajstić information content (AvgIpc) is 2.61. The minimum Gasteiger partial charge on any atom is -0.353 e. The highest BCUT2D eigenvalue weighted by atomic mass is 32.2. The summed E-state index contributed by atoms with van der Waals surface area (Å²) in [7, 11) is -3.75. The fourth-order valence-electron chi connectivity index (χ4n) is 2.69. The Labute approximate surface area is 170 Å². The zero-order valence-corrected chi connectivity index (χ0v) is 17.8. The van der Waals surface area contributed by atoms with Crippen molar-refractivity contribution in [2.45, 2.75) is 25.6 Å². The lowest BCUT2D eigenvalue weighted by Gasteiger charge is -2.28. The van der Waals surface area contributed by atoms with Crippen LogP contribution in [0.1, 0.15) is 18.1 Å². The normalized spacial score (nSPS) is 12.4. The van der Waals surface area contributed by atoms with Gasteiger partial charge in [0.05, 0.1) is 11.9 Å². The zero-order valence-electron chi connectivity index (χ0n) is 16.2. The van der Waals surface area contributed by atoms with Crippen molar-refractivity contribution in [2.75, 3.05) is 22.9 Å². The van der Waals surface area contributed by atoms with Gasteiger partial charge in [0.2, 0.25) is 15.9 Å². The van der Waals surface area contributed by atoms with Crippen molar-refractivity contribution in [2.24, 2.45) is 0 Å². The van der Waals surface area contributed by atoms with Gasteiger partial charge in [0.1, 0.15) is 11.9 Å². The molecule has 1 N–H and O–H groups in total. The van der Waals surface area contributed by atoms with Gasteiger partial charge in [0.25, 0.3) is 0 Å². The highest BCUT2D eigenvalue weighted by molar-refractivity contribution is 7.98. The summed E-state index contributed by atoms with van der Waals surface area (Å²) in [6, 6.07) is 12.5. The number of anilines is 1. The topological polar surface area (TPSA) is 66.5 Å². The molecular weight excluding hydrogens is 399 g/mol. The minimum absolute atomic E-state index is 0.124. The van der Waals surface area contributed by atoms with Crippen LogP contribution in [-0.4, -0.2) is 38.9 Å². The molecule has 0 saturated carbocycles. The third-order valence-electron chi connectivity index (χ3n) is 4.09. The van der Waals surface area contributed by atoms with Crippen LogP contribution >= 0.6 is 11.8 Å². The second kappa shape index (κ2) is 9.93. The molecule has 1 atom stereocenters. The fourth-order valence-corrected chi connectivity index (χ4v) is 4.68. The molecule has 2 rings (SSSR count). The number of hydrogen-bond donors (Lipinski definition) is 1. The van der Waals surface area contributed by atoms with Crippen LogP contribution in [-0.2, 0) is 20.6 Å². The molecule has 0 unspecified atom stereocenters. The van der Waals surface area contributed by atoms with Crippen molar-refractivity contribution in [1.82, 2.24) is 5.32 Å². The van der Waals surface area contributed by atoms with Gasteiger partial charge in [-0.1, -0.05) is 35.9 Å². The number of sulfonamides is 1. The summed E-state index contributed by atoms with van der Waals surface area (Å²) >= 11 is 1.68. The van der Waals surface area contributed by atoms with E-state index in [-0.39, 0.29) is 5.69 Å². The van der Waals surface area contributed by atoms with Crippen LogP contribution in [0.5, 0.6) is 0 Å². The van der Waals surface area contributed by atoms with Crippen molar-refractivity contribution < 1.29 is 17.6 Å². The van der Waals surface area contributed by atoms with Crippen molar-refractivity contribution in [3.05, 3.63) is 65.5 Å². The summed E-state index contributed by atoms with van der Waals surface area (Å²) in [6.45, 7) is 3.94. The summed E-state index contributed by atoms with van der Waals surface area (Å²) in [4.78, 5) is 12.4. The highest BCUT2D eigenvalue weighted by Crippen LogP contribution is 2.21. The van der Waals surface area contributed by atoms with Crippen molar-refractivity contribution >= 4 is 33.4 Å². The van der Waals surface area contributed by atoms with Gasteiger partial charge in [-0.2, -0.15) is 11.8 Å². The number of halogens is 1. The Balaban J connectivity index is 1.89. The molecule has 0 bridgehead atoms. The number of hydrogen-bond acceptors (Lipinski definition) is 4. The first-order valence-corrected chi connectivity index (χ1v) is 11.8. The second-order valence-electron chi connectivity index (χ2n) is 6.54. The van der Waals surface area contributed by atoms with Gasteiger partial charge in [-0.05, 0) is 37.6 Å². The summed E-state index contributed by atoms with van der Waals surface area (Å²) in [5, 5.41) is 2.76. The molecule has 1 amide bonds. The molecule has 0 heterocycles. The van der Waals surface area contributed by atoms with Crippen LogP contribution in [0.2, 0.25) is 0 Å². The molecular formula is C20H25FN2O3S2. The molecule has 0 radical (unpaired) electrons. The SMILES string of the molecule is Cc1ccc(CSCCNC(=O)[C@H](C)N(c2cccc(F)c2)S(C)(=O)=O)cc1. The lowest BCUT2D eigenvalue weighted by atomic mass is 10.2. The van der Waals surface area contributed by atoms with E-state index in [0.717, 1.165) is 22.4 Å². The van der Waals surface area contributed by atoms with Gasteiger partial charge in [0, 0.05) is 18.1 Å². The van der Waals surface area contributed by atoms with Crippen LogP contribution in [0.3, 0.4) is 0 Å². The zero-order chi connectivity index (χ0) is 20.7. The Morgan fingerprint density at radius 1 is 1.21 bits per heavy atom. The van der Waals surface area contributed by atoms with E-state index in [4.69, 9.17) is 0 Å². The first-order valence-electron chi connectivity index (χ1n) is 8.84. The number of carbonyl (C=O) groups is 1. The molecule has 0 saturated heterocycles. The second-order valence-corrected chi connectivity index (χ2v) is 9.51. The predicted molar refractivity (Wildman–Crippen MR) is 114 cm³/mol. The number of thioether (sulfide) groups is 1. The van der Waals surface area contributed by atoms with Gasteiger partial charge in [0.15, 0.2) is 0 Å². The van der Waals surface area contributed by atoms with E-state index < -0.39 is 27.8 Å². The van der Waals surface area contributed by atoms with Crippen LogP contribution in [0.4, 0.5) is 10.1 Å². The largest absolute Gasteiger partial charge is 0.353 e. The van der Waals surface area contributed by atoms with Gasteiger partial charge >= 0.3 is 0 Å². The Kier molecular flexibility index (Phi) is 7.88. The lowest BCUT2D eigenvalue weighted by molar-refractivity contribution is -0.121. The molecule has 2 aromatic rings. The van der Waals surface area contributed by atoms with Crippen molar-refractivity contribution in [3.63, 3.8) is 0 Å². The van der Waals surface area contributed by atoms with Crippen LogP contribution in [0, 0.1) is 12.7 Å². The number of benzene rings is 2. The molecule has 0 aromatic heterocycles. The van der Waals surface area contributed by atoms with E-state index in [1.807, 2.05) is 6.92 Å². The number of nitrogens with zero attached hydrogens (tertiary/aromatic N) is 1. The van der Waals surface area contributed by atoms with E-state index in [0.29, 0.717) is 12.3 Å². The Hall–Kier alpha value is -2.06. The number of nitrogens with one attached hydrogen (secondary N) is 1. The van der Waals surface area contributed by atoms with Gasteiger partial charge in [-0.15, -0.1) is 0 Å². The monoisotopic (exact) mass is 424 g/mol. The first kappa shape index (κ1) is 22.2. The number of aryl methyl sites for hydroxylation is 1. The van der Waals surface area contributed by atoms with Crippen LogP contribution < -0.4 is 9.62 Å². The minimum atomic E-state index is -3.75. The molecule has 28 heavy (non-hydrogen) atoms. The molecule has 8 heteroatoms. The van der Waals surface area contributed by atoms with Gasteiger partial charge in [-0.25, -0.2) is 12.8 Å². The van der Waals surface area contributed by atoms with Crippen LogP contribution in [0.15, 0.2) is 48.5 Å². The first-order chi connectivity index (χ1) is 13.2. The van der Waals surface area contributed by atoms with Gasteiger partial charge < -0.3 is 5.32 Å². The Bertz CT molecular complexity index is 902. The number of carbonyl (C=O) groups excluding carboxylic acids is 1. The third-order valence-corrected chi connectivity index (χ3v) is 6.36. The molecule has 152 valence electrons.